The fourth-order valence-electron chi connectivity index (χ4n) is 3.10. The van der Waals surface area contributed by atoms with Gasteiger partial charge in [0.25, 0.3) is 10.8 Å². The minimum atomic E-state index is -0.285. The molecule has 0 bridgehead atoms. The molecule has 2 aromatic heterocycles. The van der Waals surface area contributed by atoms with Gasteiger partial charge in [-0.3, -0.25) is 28.6 Å². The Labute approximate surface area is 190 Å². The molecule has 1 aliphatic heterocycles. The first-order chi connectivity index (χ1) is 15.0. The van der Waals surface area contributed by atoms with Crippen LogP contribution in [0.1, 0.15) is 0 Å². The number of amides is 3. The summed E-state index contributed by atoms with van der Waals surface area (Å²) in [5.74, 6) is -0.280. The van der Waals surface area contributed by atoms with Gasteiger partial charge in [-0.05, 0) is 5.56 Å². The number of carbonyl (C=O) groups excluding carboxylic acids is 3. The van der Waals surface area contributed by atoms with E-state index in [1.807, 2.05) is 35.7 Å². The van der Waals surface area contributed by atoms with Gasteiger partial charge in [0.05, 0.1) is 16.9 Å². The Hall–Kier alpha value is -2.63. The molecule has 4 rings (SSSR count). The van der Waals surface area contributed by atoms with Crippen molar-refractivity contribution in [2.45, 2.75) is 5.16 Å². The highest BCUT2D eigenvalue weighted by Gasteiger charge is 2.29. The highest BCUT2D eigenvalue weighted by atomic mass is 32.2. The van der Waals surface area contributed by atoms with Gasteiger partial charge in [-0.15, -0.1) is 11.3 Å². The molecule has 3 heterocycles. The van der Waals surface area contributed by atoms with Crippen LogP contribution in [0.25, 0.3) is 21.3 Å². The minimum absolute atomic E-state index is 0.0688. The van der Waals surface area contributed by atoms with Gasteiger partial charge in [0.2, 0.25) is 11.8 Å². The van der Waals surface area contributed by atoms with Crippen LogP contribution in [-0.2, 0) is 16.6 Å². The maximum atomic E-state index is 13.0. The molecule has 31 heavy (non-hydrogen) atoms. The largest absolute Gasteiger partial charge is 0.354 e. The minimum Gasteiger partial charge on any atom is -0.354 e. The van der Waals surface area contributed by atoms with Crippen LogP contribution in [0, 0.1) is 0 Å². The highest BCUT2D eigenvalue weighted by Crippen LogP contribution is 2.31. The Morgan fingerprint density at radius 2 is 2.00 bits per heavy atom. The fourth-order valence-corrected chi connectivity index (χ4v) is 5.64. The number of imide groups is 1. The van der Waals surface area contributed by atoms with Crippen LogP contribution in [0.3, 0.4) is 0 Å². The second kappa shape index (κ2) is 9.25. The highest BCUT2D eigenvalue weighted by molar-refractivity contribution is 8.14. The Bertz CT molecular complexity index is 1210. The van der Waals surface area contributed by atoms with Crippen LogP contribution in [0.2, 0.25) is 0 Å². The number of aromatic nitrogens is 2. The maximum Gasteiger partial charge on any atom is 0.288 e. The van der Waals surface area contributed by atoms with Crippen LogP contribution in [0.5, 0.6) is 0 Å². The summed E-state index contributed by atoms with van der Waals surface area (Å²) >= 11 is 3.53. The summed E-state index contributed by atoms with van der Waals surface area (Å²) in [6.45, 7) is 0.343. The van der Waals surface area contributed by atoms with Crippen molar-refractivity contribution in [2.75, 3.05) is 24.6 Å². The lowest BCUT2D eigenvalue weighted by Crippen LogP contribution is -2.38. The summed E-state index contributed by atoms with van der Waals surface area (Å²) in [5.41, 5.74) is 1.66. The SMILES string of the molecule is Cn1c(SCC(=O)NCCN2C(=O)CSC2=O)nc2scc(-c3ccccc3)c2c1=O. The molecule has 1 fully saturated rings. The lowest BCUT2D eigenvalue weighted by Gasteiger charge is -2.13. The third kappa shape index (κ3) is 4.53. The second-order valence-corrected chi connectivity index (χ2v) is 9.42. The van der Waals surface area contributed by atoms with E-state index in [1.165, 1.54) is 27.7 Å². The van der Waals surface area contributed by atoms with Crippen molar-refractivity contribution in [1.29, 1.82) is 0 Å². The molecule has 1 aliphatic rings. The van der Waals surface area contributed by atoms with Crippen LogP contribution in [0.4, 0.5) is 4.79 Å². The van der Waals surface area contributed by atoms with E-state index in [-0.39, 0.29) is 47.2 Å². The molecule has 11 heteroatoms. The number of nitrogens with zero attached hydrogens (tertiary/aromatic N) is 3. The van der Waals surface area contributed by atoms with Crippen LogP contribution < -0.4 is 10.9 Å². The van der Waals surface area contributed by atoms with Gasteiger partial charge >= 0.3 is 0 Å². The molecule has 1 N–H and O–H groups in total. The van der Waals surface area contributed by atoms with Crippen LogP contribution >= 0.6 is 34.9 Å². The van der Waals surface area contributed by atoms with E-state index in [0.29, 0.717) is 15.4 Å². The Balaban J connectivity index is 1.41. The fraction of sp³-hybridized carbons (Fsp3) is 0.250. The van der Waals surface area contributed by atoms with E-state index >= 15 is 0 Å². The first kappa shape index (κ1) is 21.6. The Morgan fingerprint density at radius 3 is 2.71 bits per heavy atom. The van der Waals surface area contributed by atoms with Crippen molar-refractivity contribution in [3.05, 3.63) is 46.1 Å². The first-order valence-electron chi connectivity index (χ1n) is 9.36. The number of rotatable bonds is 7. The zero-order chi connectivity index (χ0) is 22.0. The van der Waals surface area contributed by atoms with E-state index in [1.54, 1.807) is 7.05 Å². The predicted octanol–water partition coefficient (Wildman–Crippen LogP) is 2.57. The molecular weight excluding hydrogens is 456 g/mol. The molecule has 0 unspecified atom stereocenters. The number of nitrogens with one attached hydrogen (secondary N) is 1. The third-order valence-electron chi connectivity index (χ3n) is 4.69. The number of hydrogen-bond donors (Lipinski definition) is 1. The van der Waals surface area contributed by atoms with Crippen LogP contribution in [-0.4, -0.2) is 56.1 Å². The lowest BCUT2D eigenvalue weighted by atomic mass is 10.1. The summed E-state index contributed by atoms with van der Waals surface area (Å²) in [4.78, 5) is 54.6. The van der Waals surface area contributed by atoms with Gasteiger partial charge in [-0.25, -0.2) is 4.98 Å². The van der Waals surface area contributed by atoms with Gasteiger partial charge < -0.3 is 5.32 Å². The quantitative estimate of drug-likeness (QED) is 0.415. The molecular formula is C20H18N4O4S3. The molecule has 1 saturated heterocycles. The summed E-state index contributed by atoms with van der Waals surface area (Å²) in [5, 5.41) is 5.36. The van der Waals surface area contributed by atoms with Crippen molar-refractivity contribution in [2.24, 2.45) is 7.05 Å². The molecule has 0 saturated carbocycles. The molecule has 160 valence electrons. The average molecular weight is 475 g/mol. The molecule has 8 nitrogen and oxygen atoms in total. The van der Waals surface area contributed by atoms with Gasteiger partial charge in [0.1, 0.15) is 4.83 Å². The monoisotopic (exact) mass is 474 g/mol. The number of carbonyl (C=O) groups is 3. The molecule has 3 amide bonds. The van der Waals surface area contributed by atoms with E-state index in [4.69, 9.17) is 0 Å². The Morgan fingerprint density at radius 1 is 1.23 bits per heavy atom. The van der Waals surface area contributed by atoms with Crippen molar-refractivity contribution in [3.8, 4) is 11.1 Å². The van der Waals surface area contributed by atoms with E-state index in [2.05, 4.69) is 10.3 Å². The van der Waals surface area contributed by atoms with Gasteiger partial charge in [0.15, 0.2) is 5.16 Å². The third-order valence-corrected chi connectivity index (χ3v) is 7.45. The summed E-state index contributed by atoms with van der Waals surface area (Å²) in [6, 6.07) is 9.68. The van der Waals surface area contributed by atoms with Gasteiger partial charge in [-0.2, -0.15) is 0 Å². The first-order valence-corrected chi connectivity index (χ1v) is 12.2. The zero-order valence-corrected chi connectivity index (χ0v) is 18.9. The van der Waals surface area contributed by atoms with Gasteiger partial charge in [-0.1, -0.05) is 53.9 Å². The zero-order valence-electron chi connectivity index (χ0n) is 16.5. The standard InChI is InChI=1S/C20H18N4O4S3/c1-23-18(27)16-13(12-5-3-2-4-6-12)9-29-17(16)22-19(23)30-10-14(25)21-7-8-24-15(26)11-31-20(24)28/h2-6,9H,7-8,10-11H2,1H3,(H,21,25). The topological polar surface area (TPSA) is 101 Å². The number of benzene rings is 1. The molecule has 0 aliphatic carbocycles. The Kier molecular flexibility index (Phi) is 6.44. The van der Waals surface area contributed by atoms with Crippen molar-refractivity contribution >= 4 is 62.1 Å². The molecule has 1 aromatic carbocycles. The van der Waals surface area contributed by atoms with E-state index in [0.717, 1.165) is 27.8 Å². The smallest absolute Gasteiger partial charge is 0.288 e. The van der Waals surface area contributed by atoms with Gasteiger partial charge in [0, 0.05) is 31.1 Å². The normalized spacial score (nSPS) is 13.9. The van der Waals surface area contributed by atoms with E-state index < -0.39 is 0 Å². The number of thiophene rings is 1. The van der Waals surface area contributed by atoms with Crippen molar-refractivity contribution < 1.29 is 14.4 Å². The van der Waals surface area contributed by atoms with E-state index in [9.17, 15) is 19.2 Å². The summed E-state index contributed by atoms with van der Waals surface area (Å²) in [6.07, 6.45) is 0. The van der Waals surface area contributed by atoms with Crippen LogP contribution in [0.15, 0.2) is 45.7 Å². The van der Waals surface area contributed by atoms with Crippen molar-refractivity contribution in [3.63, 3.8) is 0 Å². The lowest BCUT2D eigenvalue weighted by molar-refractivity contribution is -0.125. The van der Waals surface area contributed by atoms with Crippen molar-refractivity contribution in [1.82, 2.24) is 19.8 Å². The number of hydrogen-bond acceptors (Lipinski definition) is 8. The molecule has 0 atom stereocenters. The molecule has 3 aromatic rings. The maximum absolute atomic E-state index is 13.0. The summed E-state index contributed by atoms with van der Waals surface area (Å²) in [7, 11) is 1.64. The average Bonchev–Trinajstić information content (AvgIpc) is 3.34. The number of fused-ring (bicyclic) bond motifs is 1. The molecule has 0 radical (unpaired) electrons. The molecule has 0 spiro atoms. The number of thioether (sulfide) groups is 2. The summed E-state index contributed by atoms with van der Waals surface area (Å²) < 4.78 is 1.46. The second-order valence-electron chi connectivity index (χ2n) is 6.69. The predicted molar refractivity (Wildman–Crippen MR) is 124 cm³/mol.